The molecule has 2 N–H and O–H groups in total. The summed E-state index contributed by atoms with van der Waals surface area (Å²) in [7, 11) is 0. The Hall–Kier alpha value is -3.36. The molecule has 5 rings (SSSR count). The highest BCUT2D eigenvalue weighted by Crippen LogP contribution is 2.51. The molecule has 1 aliphatic carbocycles. The fourth-order valence-corrected chi connectivity index (χ4v) is 5.52. The number of hydrogen-bond acceptors (Lipinski definition) is 4. The summed E-state index contributed by atoms with van der Waals surface area (Å²) in [6, 6.07) is 17.8. The van der Waals surface area contributed by atoms with Gasteiger partial charge in [0, 0.05) is 17.5 Å². The lowest BCUT2D eigenvalue weighted by atomic mass is 9.72. The standard InChI is InChI=1S/C28H27F3N2O3/c29-22-10-11-23(30)25(31)20(22)16-33-14-12-28(13-15-33)21-9-5-4-8-19(21)26(27(28)35)32-24(34)17-36-18-6-2-1-3-7-18/h1-11,26-27,35H,12-17H2,(H,32,34)/t26-,27+/m1/s1. The van der Waals surface area contributed by atoms with Crippen molar-refractivity contribution in [3.63, 3.8) is 0 Å². The first-order chi connectivity index (χ1) is 17.4. The average molecular weight is 497 g/mol. The van der Waals surface area contributed by atoms with E-state index in [1.807, 2.05) is 47.4 Å². The van der Waals surface area contributed by atoms with Crippen LogP contribution in [-0.2, 0) is 16.8 Å². The lowest BCUT2D eigenvalue weighted by molar-refractivity contribution is -0.125. The molecular weight excluding hydrogens is 469 g/mol. The van der Waals surface area contributed by atoms with Crippen LogP contribution in [0.25, 0.3) is 0 Å². The zero-order valence-corrected chi connectivity index (χ0v) is 19.6. The minimum atomic E-state index is -1.16. The molecular formula is C28H27F3N2O3. The lowest BCUT2D eigenvalue weighted by Gasteiger charge is -2.43. The molecule has 5 nitrogen and oxygen atoms in total. The predicted octanol–water partition coefficient (Wildman–Crippen LogP) is 4.25. The van der Waals surface area contributed by atoms with Gasteiger partial charge >= 0.3 is 0 Å². The Morgan fingerprint density at radius 2 is 1.64 bits per heavy atom. The molecule has 36 heavy (non-hydrogen) atoms. The smallest absolute Gasteiger partial charge is 0.258 e. The van der Waals surface area contributed by atoms with Gasteiger partial charge in [0.25, 0.3) is 5.91 Å². The molecule has 0 unspecified atom stereocenters. The summed E-state index contributed by atoms with van der Waals surface area (Å²) in [5, 5.41) is 14.4. The number of benzene rings is 3. The van der Waals surface area contributed by atoms with Crippen LogP contribution in [-0.4, -0.2) is 41.7 Å². The summed E-state index contributed by atoms with van der Waals surface area (Å²) >= 11 is 0. The first-order valence-corrected chi connectivity index (χ1v) is 12.0. The maximum absolute atomic E-state index is 14.2. The zero-order valence-electron chi connectivity index (χ0n) is 19.6. The number of carbonyl (C=O) groups is 1. The Bertz CT molecular complexity index is 1250. The highest BCUT2D eigenvalue weighted by Gasteiger charge is 2.53. The number of aliphatic hydroxyl groups excluding tert-OH is 1. The summed E-state index contributed by atoms with van der Waals surface area (Å²) in [5.74, 6) is -2.78. The molecule has 0 bridgehead atoms. The largest absolute Gasteiger partial charge is 0.484 e. The van der Waals surface area contributed by atoms with E-state index in [1.54, 1.807) is 12.1 Å². The lowest BCUT2D eigenvalue weighted by Crippen LogP contribution is -2.50. The van der Waals surface area contributed by atoms with E-state index in [9.17, 15) is 23.1 Å². The molecule has 0 aromatic heterocycles. The fourth-order valence-electron chi connectivity index (χ4n) is 5.52. The zero-order chi connectivity index (χ0) is 25.3. The first kappa shape index (κ1) is 24.3. The van der Waals surface area contributed by atoms with Crippen LogP contribution in [0, 0.1) is 17.5 Å². The quantitative estimate of drug-likeness (QED) is 0.501. The molecule has 2 aliphatic rings. The van der Waals surface area contributed by atoms with Crippen LogP contribution < -0.4 is 10.1 Å². The highest BCUT2D eigenvalue weighted by atomic mass is 19.2. The number of carbonyl (C=O) groups excluding carboxylic acids is 1. The van der Waals surface area contributed by atoms with Crippen LogP contribution in [0.3, 0.4) is 0 Å². The van der Waals surface area contributed by atoms with Gasteiger partial charge in [-0.2, -0.15) is 0 Å². The minimum absolute atomic E-state index is 0.0553. The molecule has 1 heterocycles. The molecule has 1 spiro atoms. The number of aliphatic hydroxyl groups is 1. The van der Waals surface area contributed by atoms with Crippen LogP contribution in [0.15, 0.2) is 66.7 Å². The molecule has 0 saturated carbocycles. The van der Waals surface area contributed by atoms with E-state index < -0.39 is 35.0 Å². The summed E-state index contributed by atoms with van der Waals surface area (Å²) in [5.41, 5.74) is 0.926. The normalized spacial score (nSPS) is 20.8. The third kappa shape index (κ3) is 4.47. The van der Waals surface area contributed by atoms with Crippen LogP contribution >= 0.6 is 0 Å². The Morgan fingerprint density at radius 3 is 2.39 bits per heavy atom. The molecule has 1 aliphatic heterocycles. The Morgan fingerprint density at radius 1 is 0.972 bits per heavy atom. The van der Waals surface area contributed by atoms with Crippen molar-refractivity contribution in [2.24, 2.45) is 0 Å². The maximum Gasteiger partial charge on any atom is 0.258 e. The van der Waals surface area contributed by atoms with Crippen molar-refractivity contribution in [1.82, 2.24) is 10.2 Å². The summed E-state index contributed by atoms with van der Waals surface area (Å²) in [4.78, 5) is 14.6. The molecule has 1 amide bonds. The van der Waals surface area contributed by atoms with Crippen molar-refractivity contribution < 1.29 is 27.8 Å². The van der Waals surface area contributed by atoms with Gasteiger partial charge in [-0.15, -0.1) is 0 Å². The highest BCUT2D eigenvalue weighted by molar-refractivity contribution is 5.78. The van der Waals surface area contributed by atoms with Gasteiger partial charge in [0.2, 0.25) is 0 Å². The van der Waals surface area contributed by atoms with Gasteiger partial charge in [0.05, 0.1) is 12.1 Å². The SMILES string of the molecule is O=C(COc1ccccc1)N[C@@H]1c2ccccc2C2(CCN(Cc3c(F)ccc(F)c3F)CC2)[C@H]1O. The van der Waals surface area contributed by atoms with Gasteiger partial charge in [-0.25, -0.2) is 13.2 Å². The third-order valence-electron chi connectivity index (χ3n) is 7.41. The van der Waals surface area contributed by atoms with Gasteiger partial charge in [0.15, 0.2) is 18.2 Å². The van der Waals surface area contributed by atoms with E-state index in [0.717, 1.165) is 23.3 Å². The molecule has 1 saturated heterocycles. The van der Waals surface area contributed by atoms with E-state index in [2.05, 4.69) is 5.32 Å². The topological polar surface area (TPSA) is 61.8 Å². The van der Waals surface area contributed by atoms with Crippen molar-refractivity contribution in [2.45, 2.75) is 36.9 Å². The second-order valence-electron chi connectivity index (χ2n) is 9.43. The van der Waals surface area contributed by atoms with Crippen LogP contribution in [0.4, 0.5) is 13.2 Å². The number of ether oxygens (including phenoxy) is 1. The van der Waals surface area contributed by atoms with Gasteiger partial charge in [-0.3, -0.25) is 9.69 Å². The van der Waals surface area contributed by atoms with Gasteiger partial charge in [-0.05, 0) is 61.3 Å². The minimum Gasteiger partial charge on any atom is -0.484 e. The van der Waals surface area contributed by atoms with Crippen molar-refractivity contribution in [3.05, 3.63) is 101 Å². The molecule has 3 aromatic rings. The molecule has 3 aromatic carbocycles. The summed E-state index contributed by atoms with van der Waals surface area (Å²) in [6.07, 6.45) is 0.174. The number of halogens is 3. The molecule has 8 heteroatoms. The predicted molar refractivity (Wildman–Crippen MR) is 128 cm³/mol. The Kier molecular flexibility index (Phi) is 6.73. The van der Waals surface area contributed by atoms with Crippen molar-refractivity contribution in [3.8, 4) is 5.75 Å². The van der Waals surface area contributed by atoms with E-state index in [4.69, 9.17) is 4.74 Å². The Labute approximate surface area is 207 Å². The van der Waals surface area contributed by atoms with Crippen LogP contribution in [0.2, 0.25) is 0 Å². The number of hydrogen-bond donors (Lipinski definition) is 2. The second kappa shape index (κ2) is 9.95. The number of piperidine rings is 1. The summed E-state index contributed by atoms with van der Waals surface area (Å²) in [6.45, 7) is 0.679. The fraction of sp³-hybridized carbons (Fsp3) is 0.321. The van der Waals surface area contributed by atoms with Crippen molar-refractivity contribution in [2.75, 3.05) is 19.7 Å². The number of nitrogens with zero attached hydrogens (tertiary/aromatic N) is 1. The van der Waals surface area contributed by atoms with Crippen molar-refractivity contribution >= 4 is 5.91 Å². The van der Waals surface area contributed by atoms with Gasteiger partial charge < -0.3 is 15.2 Å². The Balaban J connectivity index is 1.29. The number of fused-ring (bicyclic) bond motifs is 2. The molecule has 1 fully saturated rings. The van der Waals surface area contributed by atoms with Gasteiger partial charge in [0.1, 0.15) is 11.6 Å². The molecule has 2 atom stereocenters. The number of rotatable bonds is 6. The van der Waals surface area contributed by atoms with E-state index in [-0.39, 0.29) is 24.6 Å². The van der Waals surface area contributed by atoms with Gasteiger partial charge in [-0.1, -0.05) is 42.5 Å². The summed E-state index contributed by atoms with van der Waals surface area (Å²) < 4.78 is 47.5. The van der Waals surface area contributed by atoms with Crippen LogP contribution in [0.5, 0.6) is 5.75 Å². The second-order valence-corrected chi connectivity index (χ2v) is 9.43. The average Bonchev–Trinajstić information content (AvgIpc) is 3.12. The van der Waals surface area contributed by atoms with Crippen molar-refractivity contribution in [1.29, 1.82) is 0 Å². The number of nitrogens with one attached hydrogen (secondary N) is 1. The monoisotopic (exact) mass is 496 g/mol. The van der Waals surface area contributed by atoms with E-state index in [0.29, 0.717) is 31.7 Å². The van der Waals surface area contributed by atoms with Crippen LogP contribution in [0.1, 0.15) is 35.6 Å². The van der Waals surface area contributed by atoms with E-state index in [1.165, 1.54) is 0 Å². The first-order valence-electron chi connectivity index (χ1n) is 12.0. The molecule has 0 radical (unpaired) electrons. The maximum atomic E-state index is 14.2. The number of likely N-dealkylation sites (tertiary alicyclic amines) is 1. The van der Waals surface area contributed by atoms with E-state index >= 15 is 0 Å². The molecule has 188 valence electrons. The number of para-hydroxylation sites is 1. The number of amides is 1. The third-order valence-corrected chi connectivity index (χ3v) is 7.41.